The molecule has 0 aliphatic carbocycles. The Kier molecular flexibility index (Phi) is 6.07. The fourth-order valence-electron chi connectivity index (χ4n) is 3.52. The molecule has 1 heterocycles. The van der Waals surface area contributed by atoms with E-state index in [9.17, 15) is 22.4 Å². The zero-order chi connectivity index (χ0) is 23.0. The lowest BCUT2D eigenvalue weighted by atomic mass is 9.87. The van der Waals surface area contributed by atoms with Crippen molar-refractivity contribution in [2.75, 3.05) is 0 Å². The highest BCUT2D eigenvalue weighted by atomic mass is 19.4. The summed E-state index contributed by atoms with van der Waals surface area (Å²) in [6.45, 7) is 7.73. The summed E-state index contributed by atoms with van der Waals surface area (Å²) in [5.74, 6) is -0.792. The minimum atomic E-state index is -4.48. The number of nitrogens with zero attached hydrogens (tertiary/aromatic N) is 1. The first kappa shape index (κ1) is 22.7. The second kappa shape index (κ2) is 8.29. The smallest absolute Gasteiger partial charge is 0.348 e. The SMILES string of the molecule is Cc1c(C(=O)NCc2cccc(F)c2)c(CC(C)(C)C)nc2cc(C(F)(F)F)ccc12. The molecule has 0 aliphatic heterocycles. The van der Waals surface area contributed by atoms with E-state index in [1.807, 2.05) is 20.8 Å². The molecule has 0 radical (unpaired) electrons. The molecule has 0 aliphatic rings. The monoisotopic (exact) mass is 432 g/mol. The Balaban J connectivity index is 2.06. The number of benzene rings is 2. The molecular formula is C24H24F4N2O. The van der Waals surface area contributed by atoms with Gasteiger partial charge in [0.05, 0.1) is 22.3 Å². The van der Waals surface area contributed by atoms with Crippen LogP contribution in [0.2, 0.25) is 0 Å². The molecule has 0 saturated carbocycles. The van der Waals surface area contributed by atoms with Crippen LogP contribution in [-0.2, 0) is 19.1 Å². The Morgan fingerprint density at radius 2 is 1.77 bits per heavy atom. The lowest BCUT2D eigenvalue weighted by molar-refractivity contribution is -0.137. The molecule has 0 atom stereocenters. The van der Waals surface area contributed by atoms with Crippen LogP contribution in [0.3, 0.4) is 0 Å². The van der Waals surface area contributed by atoms with Crippen molar-refractivity contribution in [1.82, 2.24) is 10.3 Å². The van der Waals surface area contributed by atoms with Gasteiger partial charge >= 0.3 is 6.18 Å². The van der Waals surface area contributed by atoms with Gasteiger partial charge in [-0.25, -0.2) is 4.39 Å². The molecule has 2 aromatic carbocycles. The Morgan fingerprint density at radius 1 is 1.06 bits per heavy atom. The number of alkyl halides is 3. The molecule has 164 valence electrons. The minimum absolute atomic E-state index is 0.121. The number of hydrogen-bond acceptors (Lipinski definition) is 2. The molecule has 1 aromatic heterocycles. The van der Waals surface area contributed by atoms with Gasteiger partial charge in [0.25, 0.3) is 5.91 Å². The fraction of sp³-hybridized carbons (Fsp3) is 0.333. The van der Waals surface area contributed by atoms with Gasteiger partial charge in [-0.15, -0.1) is 0 Å². The number of halogens is 4. The van der Waals surface area contributed by atoms with Crippen LogP contribution in [0.4, 0.5) is 17.6 Å². The number of hydrogen-bond donors (Lipinski definition) is 1. The minimum Gasteiger partial charge on any atom is -0.348 e. The summed E-state index contributed by atoms with van der Waals surface area (Å²) in [5, 5.41) is 3.27. The molecule has 31 heavy (non-hydrogen) atoms. The first-order valence-corrected chi connectivity index (χ1v) is 9.88. The number of nitrogens with one attached hydrogen (secondary N) is 1. The van der Waals surface area contributed by atoms with Gasteiger partial charge in [0.2, 0.25) is 0 Å². The maximum absolute atomic E-state index is 13.4. The standard InChI is InChI=1S/C24H24F4N2O/c1-14-18-9-8-16(24(26,27)28)11-19(18)30-20(12-23(2,3)4)21(14)22(31)29-13-15-6-5-7-17(25)10-15/h5-11H,12-13H2,1-4H3,(H,29,31). The lowest BCUT2D eigenvalue weighted by Gasteiger charge is -2.22. The Bertz CT molecular complexity index is 1130. The average molecular weight is 432 g/mol. The number of aromatic nitrogens is 1. The highest BCUT2D eigenvalue weighted by Crippen LogP contribution is 2.34. The molecule has 1 amide bonds. The van der Waals surface area contributed by atoms with E-state index in [1.54, 1.807) is 19.1 Å². The van der Waals surface area contributed by atoms with E-state index in [0.717, 1.165) is 12.1 Å². The highest BCUT2D eigenvalue weighted by molar-refractivity contribution is 6.01. The van der Waals surface area contributed by atoms with Crippen molar-refractivity contribution in [1.29, 1.82) is 0 Å². The molecule has 3 nitrogen and oxygen atoms in total. The molecule has 0 saturated heterocycles. The second-order valence-corrected chi connectivity index (χ2v) is 8.84. The third kappa shape index (κ3) is 5.40. The van der Waals surface area contributed by atoms with Crippen LogP contribution in [-0.4, -0.2) is 10.9 Å². The molecule has 0 fully saturated rings. The zero-order valence-corrected chi connectivity index (χ0v) is 17.8. The number of aryl methyl sites for hydroxylation is 1. The first-order valence-electron chi connectivity index (χ1n) is 9.88. The van der Waals surface area contributed by atoms with Crippen LogP contribution in [0.5, 0.6) is 0 Å². The maximum atomic E-state index is 13.4. The van der Waals surface area contributed by atoms with Crippen LogP contribution in [0.15, 0.2) is 42.5 Å². The van der Waals surface area contributed by atoms with Crippen molar-refractivity contribution in [2.45, 2.75) is 46.8 Å². The largest absolute Gasteiger partial charge is 0.416 e. The lowest BCUT2D eigenvalue weighted by Crippen LogP contribution is -2.27. The van der Waals surface area contributed by atoms with Gasteiger partial charge in [-0.05, 0) is 54.2 Å². The molecule has 1 N–H and O–H groups in total. The second-order valence-electron chi connectivity index (χ2n) is 8.84. The summed E-state index contributed by atoms with van der Waals surface area (Å²) in [6.07, 6.45) is -4.07. The van der Waals surface area contributed by atoms with E-state index in [-0.39, 0.29) is 17.5 Å². The normalized spacial score (nSPS) is 12.3. The van der Waals surface area contributed by atoms with Crippen molar-refractivity contribution in [3.05, 3.63) is 76.2 Å². The van der Waals surface area contributed by atoms with E-state index >= 15 is 0 Å². The molecule has 0 bridgehead atoms. The molecule has 3 aromatic rings. The summed E-state index contributed by atoms with van der Waals surface area (Å²) in [5.41, 5.74) is 1.13. The van der Waals surface area contributed by atoms with Crippen LogP contribution < -0.4 is 5.32 Å². The number of pyridine rings is 1. The van der Waals surface area contributed by atoms with E-state index in [1.165, 1.54) is 18.2 Å². The summed E-state index contributed by atoms with van der Waals surface area (Å²) in [6, 6.07) is 9.27. The van der Waals surface area contributed by atoms with Gasteiger partial charge in [0, 0.05) is 11.9 Å². The zero-order valence-electron chi connectivity index (χ0n) is 17.8. The van der Waals surface area contributed by atoms with Crippen LogP contribution >= 0.6 is 0 Å². The predicted molar refractivity (Wildman–Crippen MR) is 112 cm³/mol. The van der Waals surface area contributed by atoms with Gasteiger partial charge in [0.1, 0.15) is 5.82 Å². The molecule has 3 rings (SSSR count). The third-order valence-electron chi connectivity index (χ3n) is 4.91. The van der Waals surface area contributed by atoms with Crippen LogP contribution in [0.1, 0.15) is 53.5 Å². The van der Waals surface area contributed by atoms with Crippen molar-refractivity contribution in [2.24, 2.45) is 5.41 Å². The van der Waals surface area contributed by atoms with Gasteiger partial charge < -0.3 is 5.32 Å². The summed E-state index contributed by atoms with van der Waals surface area (Å²) >= 11 is 0. The number of fused-ring (bicyclic) bond motifs is 1. The van der Waals surface area contributed by atoms with Gasteiger partial charge in [-0.2, -0.15) is 13.2 Å². The highest BCUT2D eigenvalue weighted by Gasteiger charge is 2.31. The van der Waals surface area contributed by atoms with Crippen molar-refractivity contribution < 1.29 is 22.4 Å². The maximum Gasteiger partial charge on any atom is 0.416 e. The number of carbonyl (C=O) groups excluding carboxylic acids is 1. The van der Waals surface area contributed by atoms with E-state index in [4.69, 9.17) is 0 Å². The molecule has 0 unspecified atom stereocenters. The molecular weight excluding hydrogens is 408 g/mol. The van der Waals surface area contributed by atoms with Crippen molar-refractivity contribution in [3.8, 4) is 0 Å². The van der Waals surface area contributed by atoms with E-state index < -0.39 is 23.5 Å². The van der Waals surface area contributed by atoms with E-state index in [2.05, 4.69) is 10.3 Å². The topological polar surface area (TPSA) is 42.0 Å². The number of amides is 1. The van der Waals surface area contributed by atoms with Crippen molar-refractivity contribution in [3.63, 3.8) is 0 Å². The van der Waals surface area contributed by atoms with Gasteiger partial charge in [-0.3, -0.25) is 9.78 Å². The third-order valence-corrected chi connectivity index (χ3v) is 4.91. The van der Waals surface area contributed by atoms with Crippen LogP contribution in [0.25, 0.3) is 10.9 Å². The Labute approximate surface area is 178 Å². The fourth-order valence-corrected chi connectivity index (χ4v) is 3.52. The first-order chi connectivity index (χ1) is 14.3. The number of carbonyl (C=O) groups is 1. The van der Waals surface area contributed by atoms with E-state index in [0.29, 0.717) is 34.2 Å². The quantitative estimate of drug-likeness (QED) is 0.498. The molecule has 0 spiro atoms. The average Bonchev–Trinajstić information content (AvgIpc) is 2.64. The Hall–Kier alpha value is -2.96. The molecule has 7 heteroatoms. The van der Waals surface area contributed by atoms with Crippen LogP contribution in [0, 0.1) is 18.2 Å². The number of rotatable bonds is 4. The predicted octanol–water partition coefficient (Wildman–Crippen LogP) is 6.22. The Morgan fingerprint density at radius 3 is 2.39 bits per heavy atom. The summed E-state index contributed by atoms with van der Waals surface area (Å²) in [4.78, 5) is 17.5. The van der Waals surface area contributed by atoms with Gasteiger partial charge in [-0.1, -0.05) is 39.0 Å². The van der Waals surface area contributed by atoms with Crippen molar-refractivity contribution >= 4 is 16.8 Å². The summed E-state index contributed by atoms with van der Waals surface area (Å²) < 4.78 is 52.9. The summed E-state index contributed by atoms with van der Waals surface area (Å²) in [7, 11) is 0. The van der Waals surface area contributed by atoms with Gasteiger partial charge in [0.15, 0.2) is 0 Å².